The molecule has 0 fully saturated rings. The maximum atomic E-state index is 5.97. The van der Waals surface area contributed by atoms with Gasteiger partial charge < -0.3 is 15.5 Å². The maximum Gasteiger partial charge on any atom is 0.191 e. The van der Waals surface area contributed by atoms with E-state index < -0.39 is 0 Å². The number of nitrogens with two attached hydrogens (primary N) is 1. The third-order valence-electron chi connectivity index (χ3n) is 3.13. The lowest BCUT2D eigenvalue weighted by Crippen LogP contribution is -2.52. The van der Waals surface area contributed by atoms with Crippen molar-refractivity contribution in [1.82, 2.24) is 9.80 Å². The molecule has 0 bridgehead atoms. The van der Waals surface area contributed by atoms with Gasteiger partial charge in [-0.3, -0.25) is 4.99 Å². The smallest absolute Gasteiger partial charge is 0.191 e. The van der Waals surface area contributed by atoms with E-state index in [0.29, 0.717) is 11.9 Å². The van der Waals surface area contributed by atoms with E-state index in [1.165, 1.54) is 0 Å². The second-order valence-electron chi connectivity index (χ2n) is 5.72. The highest BCUT2D eigenvalue weighted by Gasteiger charge is 2.37. The molecule has 0 aromatic carbocycles. The van der Waals surface area contributed by atoms with E-state index >= 15 is 0 Å². The summed E-state index contributed by atoms with van der Waals surface area (Å²) in [6.45, 7) is 9.60. The third kappa shape index (κ3) is 3.11. The van der Waals surface area contributed by atoms with Gasteiger partial charge in [-0.25, -0.2) is 0 Å². The second kappa shape index (κ2) is 5.04. The summed E-state index contributed by atoms with van der Waals surface area (Å²) in [5, 5.41) is 0. The van der Waals surface area contributed by atoms with Gasteiger partial charge in [0.2, 0.25) is 0 Å². The molecule has 0 aromatic heterocycles. The van der Waals surface area contributed by atoms with E-state index in [4.69, 9.17) is 5.73 Å². The van der Waals surface area contributed by atoms with Gasteiger partial charge in [0.1, 0.15) is 0 Å². The van der Waals surface area contributed by atoms with Crippen molar-refractivity contribution in [3.63, 3.8) is 0 Å². The average molecular weight is 226 g/mol. The first-order valence-electron chi connectivity index (χ1n) is 6.07. The lowest BCUT2D eigenvalue weighted by Gasteiger charge is -2.38. The van der Waals surface area contributed by atoms with Gasteiger partial charge in [0.05, 0.1) is 12.1 Å². The van der Waals surface area contributed by atoms with Crippen molar-refractivity contribution in [3.8, 4) is 0 Å². The molecule has 0 radical (unpaired) electrons. The van der Waals surface area contributed by atoms with Crippen LogP contribution in [0.25, 0.3) is 0 Å². The lowest BCUT2D eigenvalue weighted by molar-refractivity contribution is 0.174. The van der Waals surface area contributed by atoms with Gasteiger partial charge in [-0.2, -0.15) is 0 Å². The predicted molar refractivity (Wildman–Crippen MR) is 69.6 cm³/mol. The van der Waals surface area contributed by atoms with Gasteiger partial charge >= 0.3 is 0 Å². The molecule has 1 atom stereocenters. The Balaban J connectivity index is 2.64. The van der Waals surface area contributed by atoms with Crippen LogP contribution in [0.1, 0.15) is 27.2 Å². The summed E-state index contributed by atoms with van der Waals surface area (Å²) in [6, 6.07) is 0. The fourth-order valence-corrected chi connectivity index (χ4v) is 2.44. The summed E-state index contributed by atoms with van der Waals surface area (Å²) in [5.41, 5.74) is 6.09. The first kappa shape index (κ1) is 13.3. The van der Waals surface area contributed by atoms with Crippen molar-refractivity contribution in [1.29, 1.82) is 0 Å². The fraction of sp³-hybridized carbons (Fsp3) is 0.917. The molecular formula is C12H26N4. The third-order valence-corrected chi connectivity index (χ3v) is 3.13. The highest BCUT2D eigenvalue weighted by Crippen LogP contribution is 2.28. The zero-order chi connectivity index (χ0) is 12.3. The molecule has 4 nitrogen and oxygen atoms in total. The monoisotopic (exact) mass is 226 g/mol. The molecule has 1 rings (SSSR count). The Labute approximate surface area is 99.5 Å². The van der Waals surface area contributed by atoms with Crippen LogP contribution in [-0.4, -0.2) is 55.0 Å². The van der Waals surface area contributed by atoms with Crippen molar-refractivity contribution in [2.45, 2.75) is 32.7 Å². The van der Waals surface area contributed by atoms with E-state index in [1.54, 1.807) is 0 Å². The summed E-state index contributed by atoms with van der Waals surface area (Å²) in [5.74, 6) is 1.39. The Morgan fingerprint density at radius 1 is 1.50 bits per heavy atom. The molecule has 0 saturated heterocycles. The van der Waals surface area contributed by atoms with Crippen LogP contribution >= 0.6 is 0 Å². The molecule has 0 saturated carbocycles. The van der Waals surface area contributed by atoms with Crippen LogP contribution in [0.4, 0.5) is 0 Å². The SMILES string of the molecule is CC(C)CC1(C)CN=C(N)N1CCN(C)C. The summed E-state index contributed by atoms with van der Waals surface area (Å²) < 4.78 is 0. The largest absolute Gasteiger partial charge is 0.370 e. The normalized spacial score (nSPS) is 25.7. The summed E-state index contributed by atoms with van der Waals surface area (Å²) >= 11 is 0. The number of rotatable bonds is 5. The molecular weight excluding hydrogens is 200 g/mol. The quantitative estimate of drug-likeness (QED) is 0.760. The standard InChI is InChI=1S/C12H26N4/c1-10(2)8-12(3)9-14-11(13)16(12)7-6-15(4)5/h10H,6-9H2,1-5H3,(H2,13,14). The van der Waals surface area contributed by atoms with Gasteiger partial charge in [0.15, 0.2) is 5.96 Å². The minimum atomic E-state index is 0.119. The minimum absolute atomic E-state index is 0.119. The molecule has 16 heavy (non-hydrogen) atoms. The minimum Gasteiger partial charge on any atom is -0.370 e. The number of hydrogen-bond donors (Lipinski definition) is 1. The predicted octanol–water partition coefficient (Wildman–Crippen LogP) is 0.983. The van der Waals surface area contributed by atoms with Crippen molar-refractivity contribution in [2.24, 2.45) is 16.6 Å². The van der Waals surface area contributed by atoms with Crippen LogP contribution < -0.4 is 5.73 Å². The molecule has 0 aliphatic carbocycles. The number of hydrogen-bond acceptors (Lipinski definition) is 4. The highest BCUT2D eigenvalue weighted by atomic mass is 15.4. The molecule has 0 aromatic rings. The van der Waals surface area contributed by atoms with Crippen molar-refractivity contribution in [3.05, 3.63) is 0 Å². The van der Waals surface area contributed by atoms with Crippen molar-refractivity contribution >= 4 is 5.96 Å². The van der Waals surface area contributed by atoms with Gasteiger partial charge in [0, 0.05) is 13.1 Å². The van der Waals surface area contributed by atoms with Crippen molar-refractivity contribution in [2.75, 3.05) is 33.7 Å². The van der Waals surface area contributed by atoms with E-state index in [-0.39, 0.29) is 5.54 Å². The summed E-state index contributed by atoms with van der Waals surface area (Å²) in [7, 11) is 4.17. The van der Waals surface area contributed by atoms with Crippen LogP contribution in [0.2, 0.25) is 0 Å². The zero-order valence-electron chi connectivity index (χ0n) is 11.3. The molecule has 94 valence electrons. The Morgan fingerprint density at radius 2 is 2.12 bits per heavy atom. The Morgan fingerprint density at radius 3 is 2.62 bits per heavy atom. The molecule has 0 amide bonds. The molecule has 1 heterocycles. The number of guanidine groups is 1. The van der Waals surface area contributed by atoms with E-state index in [9.17, 15) is 0 Å². The maximum absolute atomic E-state index is 5.97. The Hall–Kier alpha value is -0.770. The van der Waals surface area contributed by atoms with Crippen LogP contribution in [-0.2, 0) is 0 Å². The van der Waals surface area contributed by atoms with E-state index in [0.717, 1.165) is 26.1 Å². The second-order valence-corrected chi connectivity index (χ2v) is 5.72. The first-order valence-corrected chi connectivity index (χ1v) is 6.07. The van der Waals surface area contributed by atoms with Gasteiger partial charge in [-0.05, 0) is 33.4 Å². The van der Waals surface area contributed by atoms with Crippen LogP contribution in [0.5, 0.6) is 0 Å². The molecule has 2 N–H and O–H groups in total. The van der Waals surface area contributed by atoms with E-state index in [1.807, 2.05) is 0 Å². The number of nitrogens with zero attached hydrogens (tertiary/aromatic N) is 3. The van der Waals surface area contributed by atoms with Gasteiger partial charge in [0.25, 0.3) is 0 Å². The van der Waals surface area contributed by atoms with Crippen molar-refractivity contribution < 1.29 is 0 Å². The fourth-order valence-electron chi connectivity index (χ4n) is 2.44. The summed E-state index contributed by atoms with van der Waals surface area (Å²) in [4.78, 5) is 8.86. The van der Waals surface area contributed by atoms with Gasteiger partial charge in [-0.1, -0.05) is 13.8 Å². The Bertz CT molecular complexity index is 260. The first-order chi connectivity index (χ1) is 7.35. The van der Waals surface area contributed by atoms with Gasteiger partial charge in [-0.15, -0.1) is 0 Å². The lowest BCUT2D eigenvalue weighted by atomic mass is 9.90. The van der Waals surface area contributed by atoms with Crippen LogP contribution in [0.15, 0.2) is 4.99 Å². The van der Waals surface area contributed by atoms with E-state index in [2.05, 4.69) is 49.7 Å². The highest BCUT2D eigenvalue weighted by molar-refractivity contribution is 5.80. The van der Waals surface area contributed by atoms with Crippen LogP contribution in [0.3, 0.4) is 0 Å². The van der Waals surface area contributed by atoms with Crippen LogP contribution in [0, 0.1) is 5.92 Å². The molecule has 1 unspecified atom stereocenters. The molecule has 4 heteroatoms. The molecule has 0 spiro atoms. The molecule has 1 aliphatic heterocycles. The summed E-state index contributed by atoms with van der Waals surface area (Å²) in [6.07, 6.45) is 1.14. The Kier molecular flexibility index (Phi) is 4.19. The topological polar surface area (TPSA) is 44.9 Å². The average Bonchev–Trinajstić information content (AvgIpc) is 2.38. The number of likely N-dealkylation sites (N-methyl/N-ethyl adjacent to an activating group) is 1. The number of aliphatic imine (C=N–C) groups is 1. The zero-order valence-corrected chi connectivity index (χ0v) is 11.3. The molecule has 1 aliphatic rings.